The van der Waals surface area contributed by atoms with Crippen LogP contribution < -0.4 is 0 Å². The molecule has 1 N–H and O–H groups in total. The normalized spacial score (nSPS) is 12.9. The van der Waals surface area contributed by atoms with Gasteiger partial charge in [-0.1, -0.05) is 22.0 Å². The average Bonchev–Trinajstić information content (AvgIpc) is 2.54. The van der Waals surface area contributed by atoms with Crippen LogP contribution in [0.25, 0.3) is 10.9 Å². The molecule has 0 aliphatic carbocycles. The van der Waals surface area contributed by atoms with Gasteiger partial charge in [-0.15, -0.1) is 0 Å². The van der Waals surface area contributed by atoms with Crippen molar-refractivity contribution in [1.29, 1.82) is 0 Å². The molecule has 5 heteroatoms. The predicted octanol–water partition coefficient (Wildman–Crippen LogP) is 2.52. The third-order valence-electron chi connectivity index (χ3n) is 2.63. The highest BCUT2D eigenvalue weighted by molar-refractivity contribution is 9.10. The number of aromatic nitrogens is 2. The lowest BCUT2D eigenvalue weighted by Crippen LogP contribution is -2.12. The van der Waals surface area contributed by atoms with Crippen molar-refractivity contribution in [2.24, 2.45) is 7.05 Å². The van der Waals surface area contributed by atoms with Crippen molar-refractivity contribution >= 4 is 32.8 Å². The first-order valence-corrected chi connectivity index (χ1v) is 5.65. The maximum atomic E-state index is 11.0. The van der Waals surface area contributed by atoms with Gasteiger partial charge in [0.1, 0.15) is 0 Å². The van der Waals surface area contributed by atoms with Crippen LogP contribution in [0, 0.1) is 0 Å². The van der Waals surface area contributed by atoms with Crippen molar-refractivity contribution in [3.8, 4) is 0 Å². The molecule has 2 aromatic rings. The Morgan fingerprint density at radius 3 is 2.88 bits per heavy atom. The summed E-state index contributed by atoms with van der Waals surface area (Å²) in [6.45, 7) is 1.66. The highest BCUT2D eigenvalue weighted by Crippen LogP contribution is 2.31. The van der Waals surface area contributed by atoms with Crippen LogP contribution in [0.4, 0.5) is 0 Å². The fraction of sp³-hybridized carbons (Fsp3) is 0.273. The number of hydrogen-bond acceptors (Lipinski definition) is 2. The van der Waals surface area contributed by atoms with Crippen LogP contribution >= 0.6 is 15.9 Å². The molecule has 1 atom stereocenters. The summed E-state index contributed by atoms with van der Waals surface area (Å²) in [5.41, 5.74) is 1.52. The molecule has 1 unspecified atom stereocenters. The first-order chi connectivity index (χ1) is 7.52. The maximum absolute atomic E-state index is 11.0. The number of carbonyl (C=O) groups is 1. The molecule has 0 aliphatic rings. The third kappa shape index (κ3) is 1.61. The Balaban J connectivity index is 2.77. The molecule has 0 amide bonds. The largest absolute Gasteiger partial charge is 0.481 e. The summed E-state index contributed by atoms with van der Waals surface area (Å²) in [6.07, 6.45) is 0. The maximum Gasteiger partial charge on any atom is 0.312 e. The van der Waals surface area contributed by atoms with E-state index in [1.807, 2.05) is 18.2 Å². The van der Waals surface area contributed by atoms with E-state index >= 15 is 0 Å². The van der Waals surface area contributed by atoms with Crippen molar-refractivity contribution < 1.29 is 9.90 Å². The Labute approximate surface area is 101 Å². The van der Waals surface area contributed by atoms with E-state index in [0.29, 0.717) is 0 Å². The number of hydrogen-bond donors (Lipinski definition) is 1. The van der Waals surface area contributed by atoms with Crippen LogP contribution in [0.2, 0.25) is 0 Å². The van der Waals surface area contributed by atoms with Gasteiger partial charge in [-0.05, 0) is 19.1 Å². The molecule has 0 bridgehead atoms. The molecule has 84 valence electrons. The number of fused-ring (bicyclic) bond motifs is 1. The molecule has 4 nitrogen and oxygen atoms in total. The van der Waals surface area contributed by atoms with E-state index in [4.69, 9.17) is 5.11 Å². The van der Waals surface area contributed by atoms with Crippen LogP contribution in [0.15, 0.2) is 22.7 Å². The summed E-state index contributed by atoms with van der Waals surface area (Å²) in [7, 11) is 1.77. The zero-order valence-electron chi connectivity index (χ0n) is 8.94. The Hall–Kier alpha value is -1.36. The van der Waals surface area contributed by atoms with Crippen LogP contribution in [-0.4, -0.2) is 20.9 Å². The summed E-state index contributed by atoms with van der Waals surface area (Å²) in [5, 5.41) is 14.2. The van der Waals surface area contributed by atoms with Crippen LogP contribution in [0.5, 0.6) is 0 Å². The van der Waals surface area contributed by atoms with E-state index in [2.05, 4.69) is 21.0 Å². The van der Waals surface area contributed by atoms with Crippen molar-refractivity contribution in [2.45, 2.75) is 12.8 Å². The van der Waals surface area contributed by atoms with E-state index in [9.17, 15) is 4.79 Å². The van der Waals surface area contributed by atoms with Crippen molar-refractivity contribution in [3.05, 3.63) is 28.4 Å². The monoisotopic (exact) mass is 282 g/mol. The van der Waals surface area contributed by atoms with Gasteiger partial charge < -0.3 is 5.11 Å². The van der Waals surface area contributed by atoms with Crippen LogP contribution in [0.1, 0.15) is 18.5 Å². The van der Waals surface area contributed by atoms with Gasteiger partial charge >= 0.3 is 5.97 Å². The number of nitrogens with zero attached hydrogens (tertiary/aromatic N) is 2. The molecular weight excluding hydrogens is 272 g/mol. The highest BCUT2D eigenvalue weighted by Gasteiger charge is 2.22. The minimum absolute atomic E-state index is 0.575. The molecule has 1 aromatic heterocycles. The van der Waals surface area contributed by atoms with Gasteiger partial charge in [-0.3, -0.25) is 9.48 Å². The second kappa shape index (κ2) is 3.90. The summed E-state index contributed by atoms with van der Waals surface area (Å²) in [6, 6.07) is 5.65. The molecular formula is C11H11BrN2O2. The number of aliphatic carboxylic acids is 1. The van der Waals surface area contributed by atoms with Gasteiger partial charge in [0.15, 0.2) is 0 Å². The molecule has 0 fully saturated rings. The van der Waals surface area contributed by atoms with Crippen LogP contribution in [-0.2, 0) is 11.8 Å². The summed E-state index contributed by atoms with van der Waals surface area (Å²) in [5.74, 6) is -1.42. The SMILES string of the molecule is CC(C(=O)O)c1c2c(Br)cccc2nn1C. The lowest BCUT2D eigenvalue weighted by Gasteiger charge is -2.07. The van der Waals surface area contributed by atoms with Crippen LogP contribution in [0.3, 0.4) is 0 Å². The lowest BCUT2D eigenvalue weighted by atomic mass is 10.0. The molecule has 1 aromatic carbocycles. The Bertz CT molecular complexity index is 562. The molecule has 2 rings (SSSR count). The topological polar surface area (TPSA) is 55.1 Å². The van der Waals surface area contributed by atoms with Gasteiger partial charge in [0, 0.05) is 16.9 Å². The van der Waals surface area contributed by atoms with Crippen molar-refractivity contribution in [1.82, 2.24) is 9.78 Å². The Morgan fingerprint density at radius 1 is 1.56 bits per heavy atom. The van der Waals surface area contributed by atoms with Gasteiger partial charge in [-0.25, -0.2) is 0 Å². The summed E-state index contributed by atoms with van der Waals surface area (Å²) < 4.78 is 2.51. The van der Waals surface area contributed by atoms with E-state index in [1.54, 1.807) is 18.7 Å². The smallest absolute Gasteiger partial charge is 0.312 e. The van der Waals surface area contributed by atoms with E-state index in [-0.39, 0.29) is 0 Å². The first-order valence-electron chi connectivity index (χ1n) is 4.86. The third-order valence-corrected chi connectivity index (χ3v) is 3.30. The number of benzene rings is 1. The van der Waals surface area contributed by atoms with Crippen molar-refractivity contribution in [3.63, 3.8) is 0 Å². The molecule has 0 saturated heterocycles. The number of aryl methyl sites for hydroxylation is 1. The number of halogens is 1. The minimum atomic E-state index is -0.847. The van der Waals surface area contributed by atoms with E-state index < -0.39 is 11.9 Å². The number of carboxylic acid groups (broad SMARTS) is 1. The van der Waals surface area contributed by atoms with Crippen molar-refractivity contribution in [2.75, 3.05) is 0 Å². The molecule has 0 spiro atoms. The molecule has 0 aliphatic heterocycles. The Kier molecular flexibility index (Phi) is 2.71. The van der Waals surface area contributed by atoms with Gasteiger partial charge in [0.2, 0.25) is 0 Å². The van der Waals surface area contributed by atoms with E-state index in [1.165, 1.54) is 0 Å². The standard InChI is InChI=1S/C11H11BrN2O2/c1-6(11(15)16)10-9-7(12)4-3-5-8(9)13-14(10)2/h3-6H,1-2H3,(H,15,16). The second-order valence-electron chi connectivity index (χ2n) is 3.70. The van der Waals surface area contributed by atoms with E-state index in [0.717, 1.165) is 21.1 Å². The predicted molar refractivity (Wildman–Crippen MR) is 64.5 cm³/mol. The van der Waals surface area contributed by atoms with Gasteiger partial charge in [0.05, 0.1) is 17.1 Å². The van der Waals surface area contributed by atoms with Gasteiger partial charge in [-0.2, -0.15) is 5.10 Å². The zero-order valence-corrected chi connectivity index (χ0v) is 10.5. The van der Waals surface area contributed by atoms with Gasteiger partial charge in [0.25, 0.3) is 0 Å². The fourth-order valence-corrected chi connectivity index (χ4v) is 2.40. The highest BCUT2D eigenvalue weighted by atomic mass is 79.9. The second-order valence-corrected chi connectivity index (χ2v) is 4.56. The molecule has 0 saturated carbocycles. The molecule has 0 radical (unpaired) electrons. The number of rotatable bonds is 2. The summed E-state index contributed by atoms with van der Waals surface area (Å²) >= 11 is 3.43. The lowest BCUT2D eigenvalue weighted by molar-refractivity contribution is -0.138. The molecule has 16 heavy (non-hydrogen) atoms. The fourth-order valence-electron chi connectivity index (χ4n) is 1.84. The quantitative estimate of drug-likeness (QED) is 0.921. The first kappa shape index (κ1) is 11.1. The molecule has 1 heterocycles. The average molecular weight is 283 g/mol. The summed E-state index contributed by atoms with van der Waals surface area (Å²) in [4.78, 5) is 11.0. The number of carboxylic acids is 1. The Morgan fingerprint density at radius 2 is 2.25 bits per heavy atom. The zero-order chi connectivity index (χ0) is 11.9. The minimum Gasteiger partial charge on any atom is -0.481 e.